The largest absolute Gasteiger partial charge is 0.481 e. The lowest BCUT2D eigenvalue weighted by molar-refractivity contribution is -0.145. The number of rotatable bonds is 8. The number of aromatic nitrogens is 3. The first kappa shape index (κ1) is 22.0. The molecule has 0 spiro atoms. The highest BCUT2D eigenvalue weighted by molar-refractivity contribution is 8.01. The second-order valence-electron chi connectivity index (χ2n) is 8.29. The normalized spacial score (nSPS) is 13.0. The molecule has 1 heterocycles. The predicted octanol–water partition coefficient (Wildman–Crippen LogP) is 4.92. The number of hydrogen-bond donors (Lipinski definition) is 1. The Morgan fingerprint density at radius 2 is 1.77 bits per heavy atom. The Bertz CT molecular complexity index is 1080. The first-order valence-electron chi connectivity index (χ1n) is 9.97. The molecule has 7 heteroatoms. The molecule has 158 valence electrons. The highest BCUT2D eigenvalue weighted by Crippen LogP contribution is 2.37. The third-order valence-corrected chi connectivity index (χ3v) is 6.53. The van der Waals surface area contributed by atoms with Gasteiger partial charge in [-0.15, -0.1) is 10.2 Å². The third kappa shape index (κ3) is 4.41. The van der Waals surface area contributed by atoms with E-state index in [1.165, 1.54) is 11.8 Å². The van der Waals surface area contributed by atoms with E-state index in [9.17, 15) is 14.7 Å². The molecule has 0 bridgehead atoms. The molecule has 6 nitrogen and oxygen atoms in total. The van der Waals surface area contributed by atoms with Gasteiger partial charge < -0.3 is 5.11 Å². The summed E-state index contributed by atoms with van der Waals surface area (Å²) in [4.78, 5) is 24.6. The van der Waals surface area contributed by atoms with E-state index in [2.05, 4.69) is 28.4 Å². The summed E-state index contributed by atoms with van der Waals surface area (Å²) in [6.45, 7) is 9.17. The number of carbonyl (C=O) groups is 2. The van der Waals surface area contributed by atoms with Gasteiger partial charge in [-0.3, -0.25) is 14.2 Å². The van der Waals surface area contributed by atoms with Gasteiger partial charge in [0.1, 0.15) is 11.6 Å². The molecule has 1 aromatic heterocycles. The summed E-state index contributed by atoms with van der Waals surface area (Å²) in [6.07, 6.45) is -0.00557. The molecular weight excluding hydrogens is 398 g/mol. The molecule has 0 amide bonds. The van der Waals surface area contributed by atoms with Gasteiger partial charge in [0, 0.05) is 11.8 Å². The minimum atomic E-state index is -0.936. The molecule has 0 saturated carbocycles. The number of nitrogens with zero attached hydrogens (tertiary/aromatic N) is 3. The Kier molecular flexibility index (Phi) is 6.31. The van der Waals surface area contributed by atoms with E-state index in [1.54, 1.807) is 0 Å². The van der Waals surface area contributed by atoms with Crippen LogP contribution in [0.4, 0.5) is 0 Å². The zero-order valence-electron chi connectivity index (χ0n) is 17.9. The van der Waals surface area contributed by atoms with E-state index in [0.29, 0.717) is 5.16 Å². The van der Waals surface area contributed by atoms with Crippen LogP contribution in [0, 0.1) is 18.8 Å². The Labute approximate surface area is 180 Å². The molecule has 0 saturated heterocycles. The molecule has 0 aliphatic rings. The van der Waals surface area contributed by atoms with Crippen molar-refractivity contribution in [1.82, 2.24) is 14.8 Å². The van der Waals surface area contributed by atoms with Crippen LogP contribution in [-0.4, -0.2) is 36.4 Å². The average molecular weight is 426 g/mol. The lowest BCUT2D eigenvalue weighted by atomic mass is 9.88. The Morgan fingerprint density at radius 3 is 2.43 bits per heavy atom. The maximum absolute atomic E-state index is 13.0. The van der Waals surface area contributed by atoms with Gasteiger partial charge in [-0.2, -0.15) is 0 Å². The summed E-state index contributed by atoms with van der Waals surface area (Å²) in [7, 11) is 0. The van der Waals surface area contributed by atoms with E-state index in [-0.39, 0.29) is 18.1 Å². The summed E-state index contributed by atoms with van der Waals surface area (Å²) in [5, 5.41) is 20.8. The molecular formula is C23H27N3O3S. The summed E-state index contributed by atoms with van der Waals surface area (Å²) < 4.78 is 1.11. The summed E-state index contributed by atoms with van der Waals surface area (Å²) in [5.74, 6) is -1.14. The topological polar surface area (TPSA) is 85.1 Å². The number of thioether (sulfide) groups is 1. The van der Waals surface area contributed by atoms with Gasteiger partial charge in [0.15, 0.2) is 5.16 Å². The van der Waals surface area contributed by atoms with Crippen molar-refractivity contribution < 1.29 is 14.7 Å². The first-order chi connectivity index (χ1) is 14.1. The molecule has 30 heavy (non-hydrogen) atoms. The van der Waals surface area contributed by atoms with Gasteiger partial charge in [0.25, 0.3) is 0 Å². The van der Waals surface area contributed by atoms with Crippen LogP contribution in [0.25, 0.3) is 16.5 Å². The third-order valence-electron chi connectivity index (χ3n) is 5.35. The van der Waals surface area contributed by atoms with Crippen molar-refractivity contribution in [3.63, 3.8) is 0 Å². The number of carboxylic acids is 1. The molecule has 3 rings (SSSR count). The maximum atomic E-state index is 13.0. The van der Waals surface area contributed by atoms with Crippen molar-refractivity contribution in [1.29, 1.82) is 0 Å². The monoisotopic (exact) mass is 425 g/mol. The first-order valence-corrected chi connectivity index (χ1v) is 10.8. The number of carbonyl (C=O) groups excluding carboxylic acids is 1. The number of ketones is 1. The number of Topliss-reactive ketones (excluding diaryl/α,β-unsaturated/α-hetero) is 1. The quantitative estimate of drug-likeness (QED) is 0.516. The minimum absolute atomic E-state index is 0.00557. The Hall–Kier alpha value is -2.67. The SMILES string of the molecule is Cc1nnc(SC(C)(C)C(=O)CC(C(=O)O)C(C)C)n1-c1cccc2ccccc12. The van der Waals surface area contributed by atoms with Crippen LogP contribution in [0.5, 0.6) is 0 Å². The smallest absolute Gasteiger partial charge is 0.307 e. The van der Waals surface area contributed by atoms with Gasteiger partial charge >= 0.3 is 5.97 Å². The molecule has 2 aromatic carbocycles. The number of carboxylic acid groups (broad SMARTS) is 1. The molecule has 1 unspecified atom stereocenters. The molecule has 0 radical (unpaired) electrons. The minimum Gasteiger partial charge on any atom is -0.481 e. The van der Waals surface area contributed by atoms with Gasteiger partial charge in [0.05, 0.1) is 16.4 Å². The maximum Gasteiger partial charge on any atom is 0.307 e. The van der Waals surface area contributed by atoms with Crippen molar-refractivity contribution >= 4 is 34.3 Å². The zero-order chi connectivity index (χ0) is 22.1. The van der Waals surface area contributed by atoms with E-state index >= 15 is 0 Å². The second-order valence-corrected chi connectivity index (χ2v) is 9.88. The fraction of sp³-hybridized carbons (Fsp3) is 0.391. The Balaban J connectivity index is 1.95. The molecule has 0 fully saturated rings. The van der Waals surface area contributed by atoms with Crippen molar-refractivity contribution in [2.45, 2.75) is 50.9 Å². The summed E-state index contributed by atoms with van der Waals surface area (Å²) in [5.41, 5.74) is 0.951. The van der Waals surface area contributed by atoms with Gasteiger partial charge in [-0.1, -0.05) is 62.0 Å². The molecule has 1 atom stereocenters. The highest BCUT2D eigenvalue weighted by atomic mass is 32.2. The number of aliphatic carboxylic acids is 1. The zero-order valence-corrected chi connectivity index (χ0v) is 18.7. The van der Waals surface area contributed by atoms with Crippen LogP contribution < -0.4 is 0 Å². The number of fused-ring (bicyclic) bond motifs is 1. The average Bonchev–Trinajstić information content (AvgIpc) is 3.04. The number of aryl methyl sites for hydroxylation is 1. The Morgan fingerprint density at radius 1 is 1.10 bits per heavy atom. The van der Waals surface area contributed by atoms with Crippen LogP contribution in [0.3, 0.4) is 0 Å². The van der Waals surface area contributed by atoms with Crippen molar-refractivity contribution in [3.05, 3.63) is 48.3 Å². The van der Waals surface area contributed by atoms with Crippen LogP contribution >= 0.6 is 11.8 Å². The van der Waals surface area contributed by atoms with E-state index in [4.69, 9.17) is 0 Å². The van der Waals surface area contributed by atoms with Gasteiger partial charge in [-0.05, 0) is 38.1 Å². The summed E-state index contributed by atoms with van der Waals surface area (Å²) >= 11 is 1.32. The molecule has 1 N–H and O–H groups in total. The van der Waals surface area contributed by atoms with E-state index in [0.717, 1.165) is 22.3 Å². The van der Waals surface area contributed by atoms with Gasteiger partial charge in [0.2, 0.25) is 0 Å². The van der Waals surface area contributed by atoms with Crippen LogP contribution in [0.1, 0.15) is 39.9 Å². The molecule has 0 aliphatic carbocycles. The van der Waals surface area contributed by atoms with Gasteiger partial charge in [-0.25, -0.2) is 0 Å². The van der Waals surface area contributed by atoms with E-state index in [1.807, 2.05) is 63.5 Å². The fourth-order valence-corrected chi connectivity index (χ4v) is 4.49. The fourth-order valence-electron chi connectivity index (χ4n) is 3.43. The van der Waals surface area contributed by atoms with E-state index < -0.39 is 16.6 Å². The number of benzene rings is 2. The van der Waals surface area contributed by atoms with Crippen molar-refractivity contribution in [2.24, 2.45) is 11.8 Å². The molecule has 0 aliphatic heterocycles. The lowest BCUT2D eigenvalue weighted by Gasteiger charge is -2.25. The standard InChI is InChI=1S/C23H27N3O3S/c1-14(2)18(21(28)29)13-20(27)23(4,5)30-22-25-24-15(3)26(22)19-12-8-10-16-9-6-7-11-17(16)19/h6-12,14,18H,13H2,1-5H3,(H,28,29). The number of hydrogen-bond acceptors (Lipinski definition) is 5. The van der Waals surface area contributed by atoms with Crippen LogP contribution in [-0.2, 0) is 9.59 Å². The van der Waals surface area contributed by atoms with Crippen molar-refractivity contribution in [3.8, 4) is 5.69 Å². The van der Waals surface area contributed by atoms with Crippen LogP contribution in [0.2, 0.25) is 0 Å². The van der Waals surface area contributed by atoms with Crippen LogP contribution in [0.15, 0.2) is 47.6 Å². The second kappa shape index (κ2) is 8.60. The highest BCUT2D eigenvalue weighted by Gasteiger charge is 2.35. The predicted molar refractivity (Wildman–Crippen MR) is 119 cm³/mol. The lowest BCUT2D eigenvalue weighted by Crippen LogP contribution is -2.33. The molecule has 3 aromatic rings. The summed E-state index contributed by atoms with van der Waals surface area (Å²) in [6, 6.07) is 14.1. The van der Waals surface area contributed by atoms with Crippen molar-refractivity contribution in [2.75, 3.05) is 0 Å².